The molecule has 0 bridgehead atoms. The lowest BCUT2D eigenvalue weighted by Crippen LogP contribution is -2.66. The summed E-state index contributed by atoms with van der Waals surface area (Å²) in [5.41, 5.74) is 0. The van der Waals surface area contributed by atoms with Gasteiger partial charge in [0, 0.05) is 19.6 Å². The van der Waals surface area contributed by atoms with Gasteiger partial charge < -0.3 is 18.7 Å². The second kappa shape index (κ2) is 10.5. The molecule has 0 saturated carbocycles. The SMILES string of the molecule is CC(C)(C)[Si](OCC[C@@H](C=O)O[C@@H]1CCCCO1)(c1ccccc1)c1ccccc1. The summed E-state index contributed by atoms with van der Waals surface area (Å²) in [7, 11) is -2.58. The molecule has 2 aromatic carbocycles. The number of ether oxygens (including phenoxy) is 2. The number of hydrogen-bond acceptors (Lipinski definition) is 4. The first-order valence-electron chi connectivity index (χ1n) is 10.9. The monoisotopic (exact) mass is 426 g/mol. The molecular formula is C25H34O4Si. The standard InChI is InChI=1S/C25H34O4Si/c1-25(2,3)30(22-12-6-4-7-13-22,23-14-8-5-9-15-23)28-19-17-21(20-26)29-24-16-10-11-18-27-24/h4-9,12-15,20-21,24H,10-11,16-19H2,1-3H3/t21-,24+/m0/s1. The predicted octanol–water partition coefficient (Wildman–Crippen LogP) is 4.06. The van der Waals surface area contributed by atoms with E-state index in [2.05, 4.69) is 69.3 Å². The molecular weight excluding hydrogens is 392 g/mol. The molecule has 0 spiro atoms. The van der Waals surface area contributed by atoms with E-state index in [-0.39, 0.29) is 11.3 Å². The van der Waals surface area contributed by atoms with Gasteiger partial charge in [-0.15, -0.1) is 0 Å². The zero-order chi connectivity index (χ0) is 21.5. The maximum absolute atomic E-state index is 11.6. The molecule has 0 unspecified atom stereocenters. The van der Waals surface area contributed by atoms with Gasteiger partial charge in [0.15, 0.2) is 6.29 Å². The van der Waals surface area contributed by atoms with Crippen molar-refractivity contribution in [3.8, 4) is 0 Å². The van der Waals surface area contributed by atoms with E-state index in [0.717, 1.165) is 25.5 Å². The molecule has 1 aliphatic heterocycles. The number of carbonyl (C=O) groups excluding carboxylic acids is 1. The highest BCUT2D eigenvalue weighted by Crippen LogP contribution is 2.36. The van der Waals surface area contributed by atoms with Crippen LogP contribution in [0.2, 0.25) is 5.04 Å². The minimum absolute atomic E-state index is 0.0836. The van der Waals surface area contributed by atoms with Crippen molar-refractivity contribution in [2.24, 2.45) is 0 Å². The van der Waals surface area contributed by atoms with Crippen LogP contribution in [-0.2, 0) is 18.7 Å². The molecule has 162 valence electrons. The maximum atomic E-state index is 11.6. The Balaban J connectivity index is 1.81. The minimum Gasteiger partial charge on any atom is -0.407 e. The molecule has 2 atom stereocenters. The Morgan fingerprint density at radius 1 is 1.03 bits per heavy atom. The largest absolute Gasteiger partial charge is 0.407 e. The third kappa shape index (κ3) is 5.27. The van der Waals surface area contributed by atoms with Crippen LogP contribution < -0.4 is 10.4 Å². The molecule has 2 aromatic rings. The van der Waals surface area contributed by atoms with Crippen LogP contribution in [0.4, 0.5) is 0 Å². The summed E-state index contributed by atoms with van der Waals surface area (Å²) >= 11 is 0. The van der Waals surface area contributed by atoms with Crippen LogP contribution >= 0.6 is 0 Å². The lowest BCUT2D eigenvalue weighted by Gasteiger charge is -2.43. The van der Waals surface area contributed by atoms with Gasteiger partial charge in [-0.2, -0.15) is 0 Å². The number of hydrogen-bond donors (Lipinski definition) is 0. The molecule has 0 aliphatic carbocycles. The Hall–Kier alpha value is -1.79. The fourth-order valence-corrected chi connectivity index (χ4v) is 8.85. The lowest BCUT2D eigenvalue weighted by atomic mass is 10.2. The van der Waals surface area contributed by atoms with Crippen molar-refractivity contribution in [1.29, 1.82) is 0 Å². The van der Waals surface area contributed by atoms with Crippen LogP contribution in [0.25, 0.3) is 0 Å². The summed E-state index contributed by atoms with van der Waals surface area (Å²) in [5, 5.41) is 2.39. The van der Waals surface area contributed by atoms with Gasteiger partial charge in [0.25, 0.3) is 8.32 Å². The fourth-order valence-electron chi connectivity index (χ4n) is 4.27. The van der Waals surface area contributed by atoms with Crippen LogP contribution in [0.5, 0.6) is 0 Å². The zero-order valence-corrected chi connectivity index (χ0v) is 19.4. The second-order valence-electron chi connectivity index (χ2n) is 8.91. The Morgan fingerprint density at radius 3 is 2.10 bits per heavy atom. The molecule has 5 heteroatoms. The van der Waals surface area contributed by atoms with Crippen molar-refractivity contribution in [3.63, 3.8) is 0 Å². The van der Waals surface area contributed by atoms with Crippen LogP contribution in [0.1, 0.15) is 46.5 Å². The fraction of sp³-hybridized carbons (Fsp3) is 0.480. The van der Waals surface area contributed by atoms with Gasteiger partial charge in [-0.25, -0.2) is 0 Å². The minimum atomic E-state index is -2.58. The Kier molecular flexibility index (Phi) is 8.00. The van der Waals surface area contributed by atoms with E-state index in [0.29, 0.717) is 19.6 Å². The van der Waals surface area contributed by atoms with Gasteiger partial charge in [0.2, 0.25) is 0 Å². The van der Waals surface area contributed by atoms with E-state index in [1.807, 2.05) is 12.1 Å². The highest BCUT2D eigenvalue weighted by Gasteiger charge is 2.50. The van der Waals surface area contributed by atoms with E-state index >= 15 is 0 Å². The van der Waals surface area contributed by atoms with Gasteiger partial charge >= 0.3 is 0 Å². The summed E-state index contributed by atoms with van der Waals surface area (Å²) < 4.78 is 18.4. The molecule has 0 radical (unpaired) electrons. The Labute approximate surface area is 181 Å². The molecule has 0 amide bonds. The molecule has 1 fully saturated rings. The van der Waals surface area contributed by atoms with E-state index in [1.54, 1.807) is 0 Å². The molecule has 1 saturated heterocycles. The van der Waals surface area contributed by atoms with Gasteiger partial charge in [-0.3, -0.25) is 0 Å². The number of benzene rings is 2. The number of carbonyl (C=O) groups is 1. The first kappa shape index (κ1) is 22.9. The number of rotatable bonds is 9. The second-order valence-corrected chi connectivity index (χ2v) is 13.2. The normalized spacial score (nSPS) is 18.7. The van der Waals surface area contributed by atoms with Crippen LogP contribution in [-0.4, -0.2) is 40.2 Å². The summed E-state index contributed by atoms with van der Waals surface area (Å²) in [6.07, 6.45) is 3.60. The van der Waals surface area contributed by atoms with Gasteiger partial charge in [0.1, 0.15) is 12.4 Å². The smallest absolute Gasteiger partial charge is 0.261 e. The average molecular weight is 427 g/mol. The van der Waals surface area contributed by atoms with Crippen molar-refractivity contribution in [3.05, 3.63) is 60.7 Å². The topological polar surface area (TPSA) is 44.8 Å². The van der Waals surface area contributed by atoms with Gasteiger partial charge in [-0.05, 0) is 34.7 Å². The van der Waals surface area contributed by atoms with Crippen molar-refractivity contribution in [2.45, 2.75) is 63.9 Å². The molecule has 1 heterocycles. The van der Waals surface area contributed by atoms with E-state index < -0.39 is 14.4 Å². The first-order chi connectivity index (χ1) is 14.5. The van der Waals surface area contributed by atoms with Crippen molar-refractivity contribution >= 4 is 25.0 Å². The summed E-state index contributed by atoms with van der Waals surface area (Å²) in [5.74, 6) is 0. The lowest BCUT2D eigenvalue weighted by molar-refractivity contribution is -0.188. The van der Waals surface area contributed by atoms with E-state index in [1.165, 1.54) is 10.4 Å². The molecule has 0 N–H and O–H groups in total. The first-order valence-corrected chi connectivity index (χ1v) is 12.9. The summed E-state index contributed by atoms with van der Waals surface area (Å²) in [6.45, 7) is 7.92. The van der Waals surface area contributed by atoms with Gasteiger partial charge in [0.05, 0.1) is 0 Å². The van der Waals surface area contributed by atoms with Crippen molar-refractivity contribution < 1.29 is 18.7 Å². The summed E-state index contributed by atoms with van der Waals surface area (Å²) in [4.78, 5) is 11.6. The third-order valence-corrected chi connectivity index (χ3v) is 10.8. The molecule has 4 nitrogen and oxygen atoms in total. The maximum Gasteiger partial charge on any atom is 0.261 e. The quantitative estimate of drug-likeness (QED) is 0.448. The number of aldehydes is 1. The van der Waals surface area contributed by atoms with Gasteiger partial charge in [-0.1, -0.05) is 81.4 Å². The van der Waals surface area contributed by atoms with Crippen LogP contribution in [0, 0.1) is 0 Å². The molecule has 1 aliphatic rings. The van der Waals surface area contributed by atoms with Crippen LogP contribution in [0.3, 0.4) is 0 Å². The average Bonchev–Trinajstić information content (AvgIpc) is 2.77. The van der Waals surface area contributed by atoms with Crippen molar-refractivity contribution in [1.82, 2.24) is 0 Å². The highest BCUT2D eigenvalue weighted by atomic mass is 28.4. The molecule has 0 aromatic heterocycles. The Bertz CT molecular complexity index is 727. The summed E-state index contributed by atoms with van der Waals surface area (Å²) in [6, 6.07) is 21.1. The highest BCUT2D eigenvalue weighted by molar-refractivity contribution is 6.99. The predicted molar refractivity (Wildman–Crippen MR) is 123 cm³/mol. The Morgan fingerprint density at radius 2 is 1.63 bits per heavy atom. The van der Waals surface area contributed by atoms with E-state index in [9.17, 15) is 4.79 Å². The van der Waals surface area contributed by atoms with Crippen molar-refractivity contribution in [2.75, 3.05) is 13.2 Å². The zero-order valence-electron chi connectivity index (χ0n) is 18.4. The van der Waals surface area contributed by atoms with Crippen LogP contribution in [0.15, 0.2) is 60.7 Å². The third-order valence-electron chi connectivity index (χ3n) is 5.75. The van der Waals surface area contributed by atoms with E-state index in [4.69, 9.17) is 13.9 Å². The molecule has 30 heavy (non-hydrogen) atoms. The molecule has 3 rings (SSSR count).